The van der Waals surface area contributed by atoms with Crippen molar-refractivity contribution >= 4 is 26.8 Å². The Hall–Kier alpha value is -2.29. The SMILES string of the molecule is C=CCCOC(C)C(=O)N1CCN(S(=O)(=O)c2cccc3cc(C)cnc23)CC1. The molecule has 0 spiro atoms. The zero-order valence-corrected chi connectivity index (χ0v) is 17.7. The lowest BCUT2D eigenvalue weighted by Crippen LogP contribution is -2.52. The van der Waals surface area contributed by atoms with Crippen molar-refractivity contribution in [1.29, 1.82) is 0 Å². The minimum atomic E-state index is -3.70. The molecule has 1 fully saturated rings. The van der Waals surface area contributed by atoms with Gasteiger partial charge in [-0.05, 0) is 38.0 Å². The van der Waals surface area contributed by atoms with Crippen LogP contribution in [0.3, 0.4) is 0 Å². The molecule has 0 bridgehead atoms. The van der Waals surface area contributed by atoms with Crippen molar-refractivity contribution in [2.75, 3.05) is 32.8 Å². The molecule has 2 heterocycles. The van der Waals surface area contributed by atoms with Gasteiger partial charge in [-0.1, -0.05) is 18.2 Å². The molecule has 1 aromatic carbocycles. The molecule has 1 saturated heterocycles. The van der Waals surface area contributed by atoms with Gasteiger partial charge in [0.2, 0.25) is 10.0 Å². The number of benzene rings is 1. The van der Waals surface area contributed by atoms with Crippen molar-refractivity contribution in [3.63, 3.8) is 0 Å². The molecular weight excluding hydrogens is 390 g/mol. The second-order valence-electron chi connectivity index (χ2n) is 7.16. The van der Waals surface area contributed by atoms with Crippen LogP contribution < -0.4 is 0 Å². The number of para-hydroxylation sites is 1. The number of ether oxygens (including phenoxy) is 1. The fourth-order valence-electron chi connectivity index (χ4n) is 3.40. The molecule has 1 aliphatic heterocycles. The molecule has 7 nitrogen and oxygen atoms in total. The first kappa shape index (κ1) is 21.4. The van der Waals surface area contributed by atoms with Crippen LogP contribution in [0, 0.1) is 6.92 Å². The molecule has 0 saturated carbocycles. The van der Waals surface area contributed by atoms with E-state index in [4.69, 9.17) is 4.74 Å². The monoisotopic (exact) mass is 417 g/mol. The van der Waals surface area contributed by atoms with Crippen LogP contribution in [0.1, 0.15) is 18.9 Å². The smallest absolute Gasteiger partial charge is 0.251 e. The number of piperazine rings is 1. The van der Waals surface area contributed by atoms with Gasteiger partial charge >= 0.3 is 0 Å². The number of rotatable bonds is 7. The van der Waals surface area contributed by atoms with E-state index in [1.54, 1.807) is 36.2 Å². The number of amides is 1. The first-order valence-corrected chi connectivity index (χ1v) is 11.2. The van der Waals surface area contributed by atoms with Gasteiger partial charge in [-0.25, -0.2) is 8.42 Å². The Kier molecular flexibility index (Phi) is 6.66. The molecule has 1 aliphatic rings. The number of hydrogen-bond acceptors (Lipinski definition) is 5. The van der Waals surface area contributed by atoms with Crippen LogP contribution in [0.4, 0.5) is 0 Å². The molecule has 156 valence electrons. The molecule has 0 radical (unpaired) electrons. The van der Waals surface area contributed by atoms with E-state index in [9.17, 15) is 13.2 Å². The zero-order chi connectivity index (χ0) is 21.0. The fourth-order valence-corrected chi connectivity index (χ4v) is 4.98. The lowest BCUT2D eigenvalue weighted by molar-refractivity contribution is -0.143. The van der Waals surface area contributed by atoms with Crippen LogP contribution >= 0.6 is 0 Å². The van der Waals surface area contributed by atoms with Gasteiger partial charge in [0.05, 0.1) is 12.1 Å². The number of pyridine rings is 1. The number of hydrogen-bond donors (Lipinski definition) is 0. The number of carbonyl (C=O) groups excluding carboxylic acids is 1. The topological polar surface area (TPSA) is 79.8 Å². The summed E-state index contributed by atoms with van der Waals surface area (Å²) in [5.41, 5.74) is 1.45. The average Bonchev–Trinajstić information content (AvgIpc) is 2.72. The molecule has 3 rings (SSSR count). The molecule has 0 aliphatic carbocycles. The van der Waals surface area contributed by atoms with E-state index in [-0.39, 0.29) is 23.9 Å². The summed E-state index contributed by atoms with van der Waals surface area (Å²) >= 11 is 0. The van der Waals surface area contributed by atoms with Crippen LogP contribution in [0.5, 0.6) is 0 Å². The highest BCUT2D eigenvalue weighted by atomic mass is 32.2. The third-order valence-corrected chi connectivity index (χ3v) is 6.95. The largest absolute Gasteiger partial charge is 0.368 e. The quantitative estimate of drug-likeness (QED) is 0.510. The highest BCUT2D eigenvalue weighted by Gasteiger charge is 2.32. The third kappa shape index (κ3) is 4.66. The number of nitrogens with zero attached hydrogens (tertiary/aromatic N) is 3. The third-order valence-electron chi connectivity index (χ3n) is 5.02. The van der Waals surface area contributed by atoms with Crippen molar-refractivity contribution in [2.24, 2.45) is 0 Å². The van der Waals surface area contributed by atoms with Crippen LogP contribution in [0.15, 0.2) is 48.0 Å². The Balaban J connectivity index is 1.71. The Labute approximate surface area is 172 Å². The van der Waals surface area contributed by atoms with Crippen LogP contribution in [0.25, 0.3) is 10.9 Å². The van der Waals surface area contributed by atoms with E-state index in [0.717, 1.165) is 10.9 Å². The maximum atomic E-state index is 13.2. The Bertz CT molecular complexity index is 998. The molecule has 29 heavy (non-hydrogen) atoms. The molecule has 1 unspecified atom stereocenters. The molecule has 8 heteroatoms. The Morgan fingerprint density at radius 3 is 2.72 bits per heavy atom. The minimum Gasteiger partial charge on any atom is -0.368 e. The Morgan fingerprint density at radius 1 is 1.31 bits per heavy atom. The van der Waals surface area contributed by atoms with E-state index >= 15 is 0 Å². The van der Waals surface area contributed by atoms with E-state index in [1.807, 2.05) is 19.1 Å². The van der Waals surface area contributed by atoms with Gasteiger partial charge < -0.3 is 9.64 Å². The van der Waals surface area contributed by atoms with Crippen molar-refractivity contribution in [1.82, 2.24) is 14.2 Å². The van der Waals surface area contributed by atoms with Gasteiger partial charge in [0.25, 0.3) is 5.91 Å². The lowest BCUT2D eigenvalue weighted by Gasteiger charge is -2.35. The number of carbonyl (C=O) groups is 1. The summed E-state index contributed by atoms with van der Waals surface area (Å²) in [5, 5.41) is 0.797. The van der Waals surface area contributed by atoms with Crippen molar-refractivity contribution < 1.29 is 17.9 Å². The summed E-state index contributed by atoms with van der Waals surface area (Å²) in [5.74, 6) is -0.117. The second kappa shape index (κ2) is 9.02. The summed E-state index contributed by atoms with van der Waals surface area (Å²) < 4.78 is 33.4. The van der Waals surface area contributed by atoms with Gasteiger partial charge in [0.1, 0.15) is 11.0 Å². The molecule has 2 aromatic rings. The number of sulfonamides is 1. The van der Waals surface area contributed by atoms with Gasteiger partial charge in [0, 0.05) is 37.8 Å². The maximum Gasteiger partial charge on any atom is 0.251 e. The van der Waals surface area contributed by atoms with E-state index in [0.29, 0.717) is 31.6 Å². The predicted molar refractivity (Wildman–Crippen MR) is 112 cm³/mol. The first-order chi connectivity index (χ1) is 13.8. The van der Waals surface area contributed by atoms with E-state index < -0.39 is 16.1 Å². The van der Waals surface area contributed by atoms with Crippen LogP contribution in [-0.2, 0) is 19.6 Å². The van der Waals surface area contributed by atoms with Gasteiger partial charge in [-0.2, -0.15) is 4.31 Å². The molecule has 1 aromatic heterocycles. The molecular formula is C21H27N3O4S. The van der Waals surface area contributed by atoms with Crippen LogP contribution in [0.2, 0.25) is 0 Å². The maximum absolute atomic E-state index is 13.2. The fraction of sp³-hybridized carbons (Fsp3) is 0.429. The molecule has 1 atom stereocenters. The lowest BCUT2D eigenvalue weighted by atomic mass is 10.2. The normalized spacial score (nSPS) is 16.7. The Morgan fingerprint density at radius 2 is 2.03 bits per heavy atom. The van der Waals surface area contributed by atoms with Gasteiger partial charge in [-0.15, -0.1) is 6.58 Å². The summed E-state index contributed by atoms with van der Waals surface area (Å²) in [4.78, 5) is 18.7. The number of aryl methyl sites for hydroxylation is 1. The summed E-state index contributed by atoms with van der Waals surface area (Å²) in [6.45, 7) is 8.88. The van der Waals surface area contributed by atoms with Crippen LogP contribution in [-0.4, -0.2) is 67.4 Å². The second-order valence-corrected chi connectivity index (χ2v) is 9.07. The summed E-state index contributed by atoms with van der Waals surface area (Å²) in [6.07, 6.45) is 3.54. The minimum absolute atomic E-state index is 0.117. The molecule has 1 amide bonds. The summed E-state index contributed by atoms with van der Waals surface area (Å²) in [7, 11) is -3.70. The average molecular weight is 418 g/mol. The van der Waals surface area contributed by atoms with Crippen molar-refractivity contribution in [3.8, 4) is 0 Å². The number of fused-ring (bicyclic) bond motifs is 1. The van der Waals surface area contributed by atoms with Gasteiger partial charge in [0.15, 0.2) is 0 Å². The predicted octanol–water partition coefficient (Wildman–Crippen LogP) is 2.36. The number of aromatic nitrogens is 1. The summed E-state index contributed by atoms with van der Waals surface area (Å²) in [6, 6.07) is 7.11. The van der Waals surface area contributed by atoms with E-state index in [1.165, 1.54) is 4.31 Å². The highest BCUT2D eigenvalue weighted by molar-refractivity contribution is 7.89. The zero-order valence-electron chi connectivity index (χ0n) is 16.9. The van der Waals surface area contributed by atoms with E-state index in [2.05, 4.69) is 11.6 Å². The van der Waals surface area contributed by atoms with Crippen molar-refractivity contribution in [3.05, 3.63) is 48.7 Å². The standard InChI is InChI=1S/C21H27N3O4S/c1-4-5-13-28-17(3)21(25)23-9-11-24(12-10-23)29(26,27)19-8-6-7-18-14-16(2)15-22-20(18)19/h4,6-8,14-15,17H,1,5,9-13H2,2-3H3. The van der Waals surface area contributed by atoms with Crippen molar-refractivity contribution in [2.45, 2.75) is 31.3 Å². The molecule has 0 N–H and O–H groups in total. The van der Waals surface area contributed by atoms with Gasteiger partial charge in [-0.3, -0.25) is 9.78 Å². The highest BCUT2D eigenvalue weighted by Crippen LogP contribution is 2.25. The first-order valence-electron chi connectivity index (χ1n) is 9.71.